The molecule has 1 atom stereocenters. The smallest absolute Gasteiger partial charge is 0.273 e. The molecule has 0 radical (unpaired) electrons. The number of amides is 2. The predicted molar refractivity (Wildman–Crippen MR) is 38.8 cm³/mol. The van der Waals surface area contributed by atoms with Crippen molar-refractivity contribution in [2.24, 2.45) is 15.7 Å². The third kappa shape index (κ3) is 4.49. The summed E-state index contributed by atoms with van der Waals surface area (Å²) in [5, 5.41) is 0. The van der Waals surface area contributed by atoms with Crippen LogP contribution in [-0.4, -0.2) is 30.0 Å². The minimum atomic E-state index is -1.27. The van der Waals surface area contributed by atoms with Crippen LogP contribution in [0.5, 0.6) is 0 Å². The molecular formula is C6H5N3O4. The summed E-state index contributed by atoms with van der Waals surface area (Å²) in [5.74, 6) is -1.87. The van der Waals surface area contributed by atoms with Crippen molar-refractivity contribution in [2.45, 2.75) is 12.5 Å². The Balaban J connectivity index is 4.22. The molecule has 0 aromatic heterocycles. The molecule has 0 aromatic carbocycles. The van der Waals surface area contributed by atoms with Gasteiger partial charge in [0.05, 0.1) is 12.5 Å². The number of aliphatic imine (C=N–C) groups is 2. The molecule has 2 N–H and O–H groups in total. The van der Waals surface area contributed by atoms with Gasteiger partial charge in [0.15, 0.2) is 0 Å². The Morgan fingerprint density at radius 1 is 1.23 bits per heavy atom. The van der Waals surface area contributed by atoms with Gasteiger partial charge in [0, 0.05) is 0 Å². The number of hydrogen-bond acceptors (Lipinski definition) is 5. The van der Waals surface area contributed by atoms with Gasteiger partial charge in [0.25, 0.3) is 11.8 Å². The third-order valence-corrected chi connectivity index (χ3v) is 1.04. The van der Waals surface area contributed by atoms with Gasteiger partial charge in [-0.25, -0.2) is 9.59 Å². The lowest BCUT2D eigenvalue weighted by molar-refractivity contribution is -0.124. The van der Waals surface area contributed by atoms with E-state index in [0.717, 1.165) is 12.2 Å². The van der Waals surface area contributed by atoms with Crippen LogP contribution in [0.15, 0.2) is 9.98 Å². The van der Waals surface area contributed by atoms with Crippen molar-refractivity contribution in [1.29, 1.82) is 0 Å². The van der Waals surface area contributed by atoms with Gasteiger partial charge < -0.3 is 5.73 Å². The molecule has 0 spiro atoms. The van der Waals surface area contributed by atoms with E-state index in [0.29, 0.717) is 0 Å². The first-order chi connectivity index (χ1) is 6.11. The Morgan fingerprint density at radius 2 is 1.77 bits per heavy atom. The molecule has 0 saturated heterocycles. The first-order valence-corrected chi connectivity index (χ1v) is 3.09. The second-order valence-corrected chi connectivity index (χ2v) is 1.95. The molecule has 0 aliphatic heterocycles. The van der Waals surface area contributed by atoms with E-state index in [4.69, 9.17) is 5.73 Å². The van der Waals surface area contributed by atoms with Gasteiger partial charge in [-0.05, 0) is 0 Å². The number of nitrogens with zero attached hydrogens (tertiary/aromatic N) is 2. The first-order valence-electron chi connectivity index (χ1n) is 3.09. The van der Waals surface area contributed by atoms with Gasteiger partial charge in [-0.15, -0.1) is 9.98 Å². The zero-order valence-corrected chi connectivity index (χ0v) is 6.39. The summed E-state index contributed by atoms with van der Waals surface area (Å²) in [6.07, 6.45) is 1.49. The molecule has 68 valence electrons. The number of carbonyl (C=O) groups is 2. The summed E-state index contributed by atoms with van der Waals surface area (Å²) in [6.45, 7) is 0. The number of carbonyl (C=O) groups excluding carboxylic acids is 4. The van der Waals surface area contributed by atoms with Crippen LogP contribution in [0.4, 0.5) is 0 Å². The van der Waals surface area contributed by atoms with Crippen molar-refractivity contribution in [3.05, 3.63) is 0 Å². The molecule has 7 heteroatoms. The average molecular weight is 183 g/mol. The molecule has 0 heterocycles. The molecule has 0 aromatic rings. The first kappa shape index (κ1) is 11.1. The molecule has 0 bridgehead atoms. The monoisotopic (exact) mass is 183 g/mol. The van der Waals surface area contributed by atoms with Crippen molar-refractivity contribution in [2.75, 3.05) is 0 Å². The van der Waals surface area contributed by atoms with E-state index >= 15 is 0 Å². The van der Waals surface area contributed by atoms with E-state index in [1.54, 1.807) is 0 Å². The van der Waals surface area contributed by atoms with Crippen molar-refractivity contribution in [3.63, 3.8) is 0 Å². The molecule has 0 aliphatic rings. The highest BCUT2D eigenvalue weighted by molar-refractivity contribution is 5.92. The Hall–Kier alpha value is -1.94. The predicted octanol–water partition coefficient (Wildman–Crippen LogP) is -1.57. The van der Waals surface area contributed by atoms with Crippen LogP contribution in [0.1, 0.15) is 6.42 Å². The van der Waals surface area contributed by atoms with E-state index in [9.17, 15) is 19.2 Å². The molecule has 0 fully saturated rings. The molecule has 7 nitrogen and oxygen atoms in total. The van der Waals surface area contributed by atoms with Gasteiger partial charge in [-0.3, -0.25) is 9.59 Å². The van der Waals surface area contributed by atoms with E-state index < -0.39 is 24.3 Å². The maximum absolute atomic E-state index is 10.6. The van der Waals surface area contributed by atoms with Gasteiger partial charge in [0.2, 0.25) is 12.2 Å². The lowest BCUT2D eigenvalue weighted by atomic mass is 10.2. The highest BCUT2D eigenvalue weighted by atomic mass is 16.2. The topological polar surface area (TPSA) is 119 Å². The minimum absolute atomic E-state index is 0.487. The molecule has 0 unspecified atom stereocenters. The lowest BCUT2D eigenvalue weighted by Crippen LogP contribution is -2.31. The molecule has 13 heavy (non-hydrogen) atoms. The van der Waals surface area contributed by atoms with Crippen LogP contribution < -0.4 is 5.73 Å². The third-order valence-electron chi connectivity index (χ3n) is 1.04. The second-order valence-electron chi connectivity index (χ2n) is 1.95. The van der Waals surface area contributed by atoms with Gasteiger partial charge >= 0.3 is 0 Å². The average Bonchev–Trinajstić information content (AvgIpc) is 2.05. The van der Waals surface area contributed by atoms with E-state index in [1.807, 2.05) is 0 Å². The molecule has 0 saturated carbocycles. The van der Waals surface area contributed by atoms with Crippen molar-refractivity contribution in [1.82, 2.24) is 0 Å². The van der Waals surface area contributed by atoms with Crippen LogP contribution in [0, 0.1) is 0 Å². The second kappa shape index (κ2) is 5.68. The Morgan fingerprint density at radius 3 is 2.23 bits per heavy atom. The standard InChI is InChI=1S/C6H5N3O4/c7-4(6(13)9-3-11)1-5(12)8-2-10/h4H,1,7H2/t4-/m0/s1. The summed E-state index contributed by atoms with van der Waals surface area (Å²) in [7, 11) is 0. The van der Waals surface area contributed by atoms with Gasteiger partial charge in [-0.1, -0.05) is 0 Å². The van der Waals surface area contributed by atoms with Crippen LogP contribution in [0.2, 0.25) is 0 Å². The quantitative estimate of drug-likeness (QED) is 0.418. The van der Waals surface area contributed by atoms with Crippen LogP contribution in [0.3, 0.4) is 0 Å². The molecule has 0 rings (SSSR count). The Kier molecular flexibility index (Phi) is 4.83. The Bertz CT molecular complexity index is 312. The number of rotatable bonds is 3. The Labute approximate surface area is 72.3 Å². The summed E-state index contributed by atoms with van der Waals surface area (Å²) < 4.78 is 0. The number of hydrogen-bond donors (Lipinski definition) is 1. The zero-order valence-electron chi connectivity index (χ0n) is 6.39. The van der Waals surface area contributed by atoms with Crippen LogP contribution in [-0.2, 0) is 19.2 Å². The van der Waals surface area contributed by atoms with Crippen molar-refractivity contribution < 1.29 is 19.2 Å². The van der Waals surface area contributed by atoms with Gasteiger partial charge in [0.1, 0.15) is 0 Å². The maximum atomic E-state index is 10.6. The van der Waals surface area contributed by atoms with Crippen LogP contribution in [0.25, 0.3) is 0 Å². The molecular weight excluding hydrogens is 178 g/mol. The maximum Gasteiger partial charge on any atom is 0.273 e. The number of isocyanates is 2. The summed E-state index contributed by atoms with van der Waals surface area (Å²) in [4.78, 5) is 45.7. The number of nitrogens with two attached hydrogens (primary N) is 1. The minimum Gasteiger partial charge on any atom is -0.319 e. The zero-order chi connectivity index (χ0) is 10.3. The van der Waals surface area contributed by atoms with Gasteiger partial charge in [-0.2, -0.15) is 0 Å². The molecule has 2 amide bonds. The summed E-state index contributed by atoms with van der Waals surface area (Å²) in [5.41, 5.74) is 5.10. The normalized spacial score (nSPS) is 10.5. The molecule has 0 aliphatic carbocycles. The summed E-state index contributed by atoms with van der Waals surface area (Å²) >= 11 is 0. The van der Waals surface area contributed by atoms with E-state index in [1.165, 1.54) is 0 Å². The van der Waals surface area contributed by atoms with Crippen molar-refractivity contribution >= 4 is 24.0 Å². The largest absolute Gasteiger partial charge is 0.319 e. The summed E-state index contributed by atoms with van der Waals surface area (Å²) in [6, 6.07) is -1.27. The SMILES string of the molecule is N[C@@H](CC(=O)N=C=O)C(=O)N=C=O. The lowest BCUT2D eigenvalue weighted by Gasteiger charge is -2.00. The van der Waals surface area contributed by atoms with E-state index in [2.05, 4.69) is 9.98 Å². The fraction of sp³-hybridized carbons (Fsp3) is 0.333. The fourth-order valence-corrected chi connectivity index (χ4v) is 0.500. The van der Waals surface area contributed by atoms with Crippen LogP contribution >= 0.6 is 0 Å². The highest BCUT2D eigenvalue weighted by Gasteiger charge is 2.16. The highest BCUT2D eigenvalue weighted by Crippen LogP contribution is 1.93. The fourth-order valence-electron chi connectivity index (χ4n) is 0.500. The van der Waals surface area contributed by atoms with Crippen molar-refractivity contribution in [3.8, 4) is 0 Å². The van der Waals surface area contributed by atoms with E-state index in [-0.39, 0.29) is 0 Å².